The maximum atomic E-state index is 13.0. The van der Waals surface area contributed by atoms with E-state index in [1.165, 1.54) is 0 Å². The third-order valence-corrected chi connectivity index (χ3v) is 5.72. The summed E-state index contributed by atoms with van der Waals surface area (Å²) in [7, 11) is 0. The number of aromatic nitrogens is 1. The number of amides is 3. The van der Waals surface area contributed by atoms with Crippen molar-refractivity contribution in [2.45, 2.75) is 19.8 Å². The fourth-order valence-corrected chi connectivity index (χ4v) is 4.03. The second kappa shape index (κ2) is 8.79. The van der Waals surface area contributed by atoms with E-state index in [-0.39, 0.29) is 17.9 Å². The maximum absolute atomic E-state index is 13.0. The molecule has 1 aliphatic rings. The number of hydrogen-bond acceptors (Lipinski definition) is 2. The summed E-state index contributed by atoms with van der Waals surface area (Å²) in [6.45, 7) is 3.88. The van der Waals surface area contributed by atoms with Gasteiger partial charge in [-0.05, 0) is 62.1 Å². The fraction of sp³-hybridized carbons (Fsp3) is 0.304. The van der Waals surface area contributed by atoms with Gasteiger partial charge in [-0.15, -0.1) is 0 Å². The standard InChI is InChI=1S/C23H25ClN4O2/c1-15-4-7-19(8-5-15)26-23(30)25-13-16-3-2-10-28(14-16)22(29)21-12-17-11-18(24)6-9-20(17)27-21/h4-9,11-12,16,27H,2-3,10,13-14H2,1H3,(H2,25,26,30). The average Bonchev–Trinajstić information content (AvgIpc) is 3.17. The van der Waals surface area contributed by atoms with Gasteiger partial charge < -0.3 is 20.5 Å². The van der Waals surface area contributed by atoms with Crippen molar-refractivity contribution >= 4 is 40.1 Å². The number of halogens is 1. The number of carbonyl (C=O) groups excluding carboxylic acids is 2. The van der Waals surface area contributed by atoms with E-state index in [4.69, 9.17) is 11.6 Å². The van der Waals surface area contributed by atoms with E-state index in [2.05, 4.69) is 15.6 Å². The molecule has 3 N–H and O–H groups in total. The van der Waals surface area contributed by atoms with Gasteiger partial charge in [0, 0.05) is 41.2 Å². The number of anilines is 1. The molecule has 1 atom stereocenters. The molecule has 0 aliphatic carbocycles. The van der Waals surface area contributed by atoms with Crippen molar-refractivity contribution in [2.75, 3.05) is 25.0 Å². The number of urea groups is 1. The van der Waals surface area contributed by atoms with Gasteiger partial charge in [0.25, 0.3) is 5.91 Å². The number of nitrogens with zero attached hydrogens (tertiary/aromatic N) is 1. The Kier molecular flexibility index (Phi) is 5.95. The Balaban J connectivity index is 1.32. The van der Waals surface area contributed by atoms with Crippen LogP contribution in [-0.2, 0) is 0 Å². The molecule has 1 saturated heterocycles. The van der Waals surface area contributed by atoms with Crippen LogP contribution in [0, 0.1) is 12.8 Å². The summed E-state index contributed by atoms with van der Waals surface area (Å²) in [6.07, 6.45) is 1.90. The SMILES string of the molecule is Cc1ccc(NC(=O)NCC2CCCN(C(=O)c3cc4cc(Cl)ccc4[nH]3)C2)cc1. The largest absolute Gasteiger partial charge is 0.351 e. The number of hydrogen-bond donors (Lipinski definition) is 3. The van der Waals surface area contributed by atoms with Crippen molar-refractivity contribution in [1.82, 2.24) is 15.2 Å². The Labute approximate surface area is 180 Å². The van der Waals surface area contributed by atoms with Gasteiger partial charge in [0.15, 0.2) is 0 Å². The van der Waals surface area contributed by atoms with Crippen LogP contribution in [0.3, 0.4) is 0 Å². The number of aryl methyl sites for hydroxylation is 1. The van der Waals surface area contributed by atoms with Crippen LogP contribution < -0.4 is 10.6 Å². The van der Waals surface area contributed by atoms with E-state index in [9.17, 15) is 9.59 Å². The van der Waals surface area contributed by atoms with Crippen LogP contribution in [0.4, 0.5) is 10.5 Å². The smallest absolute Gasteiger partial charge is 0.319 e. The predicted octanol–water partition coefficient (Wildman–Crippen LogP) is 4.80. The molecular formula is C23H25ClN4O2. The highest BCUT2D eigenvalue weighted by Crippen LogP contribution is 2.23. The molecule has 2 aromatic carbocycles. The van der Waals surface area contributed by atoms with E-state index < -0.39 is 0 Å². The summed E-state index contributed by atoms with van der Waals surface area (Å²) < 4.78 is 0. The molecule has 0 bridgehead atoms. The fourth-order valence-electron chi connectivity index (χ4n) is 3.85. The molecule has 4 rings (SSSR count). The lowest BCUT2D eigenvalue weighted by Crippen LogP contribution is -2.44. The van der Waals surface area contributed by atoms with E-state index in [0.717, 1.165) is 41.5 Å². The number of aromatic amines is 1. The lowest BCUT2D eigenvalue weighted by Gasteiger charge is -2.32. The second-order valence-corrected chi connectivity index (χ2v) is 8.31. The van der Waals surface area contributed by atoms with Gasteiger partial charge >= 0.3 is 6.03 Å². The molecule has 0 spiro atoms. The van der Waals surface area contributed by atoms with Crippen LogP contribution in [0.15, 0.2) is 48.5 Å². The van der Waals surface area contributed by atoms with E-state index in [1.807, 2.05) is 54.3 Å². The van der Waals surface area contributed by atoms with Crippen molar-refractivity contribution in [3.05, 3.63) is 64.8 Å². The first-order chi connectivity index (χ1) is 14.5. The number of carbonyl (C=O) groups is 2. The van der Waals surface area contributed by atoms with Gasteiger partial charge in [-0.3, -0.25) is 4.79 Å². The molecule has 6 nitrogen and oxygen atoms in total. The molecule has 30 heavy (non-hydrogen) atoms. The summed E-state index contributed by atoms with van der Waals surface area (Å²) in [5.74, 6) is 0.210. The number of likely N-dealkylation sites (tertiary alicyclic amines) is 1. The lowest BCUT2D eigenvalue weighted by atomic mass is 9.98. The summed E-state index contributed by atoms with van der Waals surface area (Å²) >= 11 is 6.04. The van der Waals surface area contributed by atoms with Gasteiger partial charge in [0.2, 0.25) is 0 Å². The molecule has 3 amide bonds. The lowest BCUT2D eigenvalue weighted by molar-refractivity contribution is 0.0670. The third kappa shape index (κ3) is 4.76. The molecule has 1 unspecified atom stereocenters. The Morgan fingerprint density at radius 2 is 1.97 bits per heavy atom. The van der Waals surface area contributed by atoms with Crippen molar-refractivity contribution in [1.29, 1.82) is 0 Å². The zero-order valence-corrected chi connectivity index (χ0v) is 17.6. The summed E-state index contributed by atoms with van der Waals surface area (Å²) in [5, 5.41) is 7.35. The normalized spacial score (nSPS) is 16.5. The molecule has 1 aromatic heterocycles. The Bertz CT molecular complexity index is 1060. The number of benzene rings is 2. The monoisotopic (exact) mass is 424 g/mol. The topological polar surface area (TPSA) is 77.2 Å². The molecule has 156 valence electrons. The summed E-state index contributed by atoms with van der Waals surface area (Å²) in [5.41, 5.74) is 3.37. The zero-order valence-electron chi connectivity index (χ0n) is 16.9. The third-order valence-electron chi connectivity index (χ3n) is 5.48. The summed E-state index contributed by atoms with van der Waals surface area (Å²) in [4.78, 5) is 30.2. The molecule has 1 fully saturated rings. The molecule has 7 heteroatoms. The van der Waals surface area contributed by atoms with Crippen molar-refractivity contribution in [3.63, 3.8) is 0 Å². The molecule has 2 heterocycles. The maximum Gasteiger partial charge on any atom is 0.319 e. The van der Waals surface area contributed by atoms with Crippen LogP contribution in [0.2, 0.25) is 5.02 Å². The van der Waals surface area contributed by atoms with Crippen LogP contribution in [0.25, 0.3) is 10.9 Å². The number of fused-ring (bicyclic) bond motifs is 1. The molecule has 0 radical (unpaired) electrons. The molecular weight excluding hydrogens is 400 g/mol. The molecule has 3 aromatic rings. The van der Waals surface area contributed by atoms with Gasteiger partial charge in [0.1, 0.15) is 5.69 Å². The van der Waals surface area contributed by atoms with Gasteiger partial charge in [-0.1, -0.05) is 29.3 Å². The van der Waals surface area contributed by atoms with E-state index in [0.29, 0.717) is 23.8 Å². The minimum Gasteiger partial charge on any atom is -0.351 e. The minimum atomic E-state index is -0.227. The second-order valence-electron chi connectivity index (χ2n) is 7.88. The number of nitrogens with one attached hydrogen (secondary N) is 3. The van der Waals surface area contributed by atoms with Crippen molar-refractivity contribution < 1.29 is 9.59 Å². The highest BCUT2D eigenvalue weighted by molar-refractivity contribution is 6.31. The number of rotatable bonds is 4. The highest BCUT2D eigenvalue weighted by Gasteiger charge is 2.25. The Morgan fingerprint density at radius 1 is 1.17 bits per heavy atom. The predicted molar refractivity (Wildman–Crippen MR) is 120 cm³/mol. The number of piperidine rings is 1. The minimum absolute atomic E-state index is 0.0175. The van der Waals surface area contributed by atoms with E-state index in [1.54, 1.807) is 6.07 Å². The average molecular weight is 425 g/mol. The van der Waals surface area contributed by atoms with Crippen LogP contribution in [0.1, 0.15) is 28.9 Å². The highest BCUT2D eigenvalue weighted by atomic mass is 35.5. The van der Waals surface area contributed by atoms with Crippen LogP contribution in [-0.4, -0.2) is 41.5 Å². The van der Waals surface area contributed by atoms with Crippen LogP contribution in [0.5, 0.6) is 0 Å². The Hall–Kier alpha value is -2.99. The van der Waals surface area contributed by atoms with Crippen molar-refractivity contribution in [2.24, 2.45) is 5.92 Å². The van der Waals surface area contributed by atoms with Gasteiger partial charge in [0.05, 0.1) is 0 Å². The van der Waals surface area contributed by atoms with Crippen LogP contribution >= 0.6 is 11.6 Å². The first kappa shape index (κ1) is 20.3. The number of H-pyrrole nitrogens is 1. The Morgan fingerprint density at radius 3 is 2.77 bits per heavy atom. The quantitative estimate of drug-likeness (QED) is 0.562. The molecule has 1 aliphatic heterocycles. The first-order valence-corrected chi connectivity index (χ1v) is 10.5. The van der Waals surface area contributed by atoms with Gasteiger partial charge in [-0.2, -0.15) is 0 Å². The van der Waals surface area contributed by atoms with E-state index >= 15 is 0 Å². The first-order valence-electron chi connectivity index (χ1n) is 10.2. The van der Waals surface area contributed by atoms with Crippen molar-refractivity contribution in [3.8, 4) is 0 Å². The summed E-state index contributed by atoms with van der Waals surface area (Å²) in [6, 6.07) is 14.8. The zero-order chi connectivity index (χ0) is 21.1. The molecule has 0 saturated carbocycles. The van der Waals surface area contributed by atoms with Gasteiger partial charge in [-0.25, -0.2) is 4.79 Å².